The number of nitrogens with zero attached hydrogens (tertiary/aromatic N) is 3. The van der Waals surface area contributed by atoms with Crippen molar-refractivity contribution in [2.75, 3.05) is 18.2 Å². The Labute approximate surface area is 121 Å². The summed E-state index contributed by atoms with van der Waals surface area (Å²) in [6.07, 6.45) is 3.17. The highest BCUT2D eigenvalue weighted by molar-refractivity contribution is 8.13. The van der Waals surface area contributed by atoms with Gasteiger partial charge in [0.1, 0.15) is 5.75 Å². The van der Waals surface area contributed by atoms with Gasteiger partial charge in [-0.3, -0.25) is 10.1 Å². The fourth-order valence-electron chi connectivity index (χ4n) is 1.86. The molecule has 1 atom stereocenters. The number of ether oxygens (including phenoxy) is 1. The summed E-state index contributed by atoms with van der Waals surface area (Å²) in [4.78, 5) is 17.7. The Morgan fingerprint density at radius 2 is 2.35 bits per heavy atom. The molecule has 0 fully saturated rings. The fraction of sp³-hybridized carbons (Fsp3) is 0.308. The quantitative estimate of drug-likeness (QED) is 0.369. The van der Waals surface area contributed by atoms with Crippen molar-refractivity contribution in [2.45, 2.75) is 13.0 Å². The largest absolute Gasteiger partial charge is 0.479 e. The van der Waals surface area contributed by atoms with Crippen molar-refractivity contribution in [3.05, 3.63) is 18.2 Å². The van der Waals surface area contributed by atoms with Gasteiger partial charge < -0.3 is 9.64 Å². The lowest BCUT2D eigenvalue weighted by Crippen LogP contribution is -2.41. The molecule has 1 aromatic rings. The molecule has 104 valence electrons. The lowest BCUT2D eigenvalue weighted by molar-refractivity contribution is -0.125. The molecule has 1 aliphatic rings. The van der Waals surface area contributed by atoms with Crippen LogP contribution in [-0.4, -0.2) is 30.5 Å². The van der Waals surface area contributed by atoms with E-state index < -0.39 is 6.10 Å². The van der Waals surface area contributed by atoms with Crippen LogP contribution in [0.4, 0.5) is 11.4 Å². The average molecular weight is 290 g/mol. The summed E-state index contributed by atoms with van der Waals surface area (Å²) >= 11 is 1.33. The number of hydrogen-bond donors (Lipinski definition) is 1. The van der Waals surface area contributed by atoms with Crippen molar-refractivity contribution in [2.24, 2.45) is 4.99 Å². The van der Waals surface area contributed by atoms with Crippen LogP contribution in [0.3, 0.4) is 0 Å². The van der Waals surface area contributed by atoms with Crippen LogP contribution in [0.25, 0.3) is 0 Å². The molecule has 0 aromatic heterocycles. The van der Waals surface area contributed by atoms with Crippen LogP contribution in [0.15, 0.2) is 23.2 Å². The number of aliphatic imine (C=N–C) groups is 1. The zero-order valence-corrected chi connectivity index (χ0v) is 12.2. The van der Waals surface area contributed by atoms with E-state index >= 15 is 0 Å². The summed E-state index contributed by atoms with van der Waals surface area (Å²) in [5, 5.41) is 11.6. The molecule has 1 unspecified atom stereocenters. The van der Waals surface area contributed by atoms with Crippen LogP contribution in [0.5, 0.6) is 5.75 Å². The van der Waals surface area contributed by atoms with Crippen molar-refractivity contribution >= 4 is 34.2 Å². The first-order valence-electron chi connectivity index (χ1n) is 5.93. The average Bonchev–Trinajstić information content (AvgIpc) is 2.45. The molecule has 1 aromatic carbocycles. The highest BCUT2D eigenvalue weighted by atomic mass is 32.2. The van der Waals surface area contributed by atoms with E-state index in [2.05, 4.69) is 10.3 Å². The van der Waals surface area contributed by atoms with E-state index in [-0.39, 0.29) is 5.91 Å². The number of amides is 1. The van der Waals surface area contributed by atoms with Crippen molar-refractivity contribution in [1.29, 1.82) is 5.26 Å². The first-order valence-corrected chi connectivity index (χ1v) is 7.15. The summed E-state index contributed by atoms with van der Waals surface area (Å²) in [6, 6.07) is 5.32. The van der Waals surface area contributed by atoms with E-state index in [1.54, 1.807) is 37.1 Å². The molecule has 1 heterocycles. The Morgan fingerprint density at radius 3 is 3.00 bits per heavy atom. The molecular formula is C13H14N4O2S. The van der Waals surface area contributed by atoms with Crippen LogP contribution >= 0.6 is 11.8 Å². The summed E-state index contributed by atoms with van der Waals surface area (Å²) in [5.74, 6) is 0.552. The van der Waals surface area contributed by atoms with Gasteiger partial charge in [0.05, 0.1) is 11.4 Å². The van der Waals surface area contributed by atoms with Crippen LogP contribution in [0, 0.1) is 11.5 Å². The van der Waals surface area contributed by atoms with E-state index in [1.165, 1.54) is 11.8 Å². The number of carbonyl (C=O) groups excluding carboxylic acids is 1. The third-order valence-corrected chi connectivity index (χ3v) is 3.45. The molecule has 20 heavy (non-hydrogen) atoms. The monoisotopic (exact) mass is 290 g/mol. The number of nitrogens with one attached hydrogen (secondary N) is 1. The molecule has 0 saturated heterocycles. The van der Waals surface area contributed by atoms with Gasteiger partial charge in [0.15, 0.2) is 17.5 Å². The van der Waals surface area contributed by atoms with Crippen LogP contribution in [0.1, 0.15) is 6.92 Å². The molecular weight excluding hydrogens is 276 g/mol. The minimum atomic E-state index is -0.483. The predicted molar refractivity (Wildman–Crippen MR) is 79.3 cm³/mol. The van der Waals surface area contributed by atoms with Gasteiger partial charge in [-0.1, -0.05) is 11.8 Å². The number of hydrogen-bond acceptors (Lipinski definition) is 5. The van der Waals surface area contributed by atoms with Gasteiger partial charge in [0, 0.05) is 7.05 Å². The van der Waals surface area contributed by atoms with Crippen LogP contribution < -0.4 is 15.0 Å². The maximum Gasteiger partial charge on any atom is 0.267 e. The van der Waals surface area contributed by atoms with E-state index in [0.29, 0.717) is 22.3 Å². The van der Waals surface area contributed by atoms with Gasteiger partial charge in [-0.2, -0.15) is 5.26 Å². The number of benzene rings is 1. The van der Waals surface area contributed by atoms with E-state index in [4.69, 9.17) is 10.00 Å². The van der Waals surface area contributed by atoms with Gasteiger partial charge in [-0.05, 0) is 31.4 Å². The third-order valence-electron chi connectivity index (χ3n) is 2.87. The molecule has 2 rings (SSSR count). The maximum absolute atomic E-state index is 11.9. The molecule has 1 N–H and O–H groups in total. The summed E-state index contributed by atoms with van der Waals surface area (Å²) in [6.45, 7) is 1.72. The molecule has 1 aliphatic heterocycles. The number of likely N-dealkylation sites (N-methyl/N-ethyl adjacent to an activating group) is 1. The third kappa shape index (κ3) is 2.70. The number of rotatable bonds is 1. The van der Waals surface area contributed by atoms with Gasteiger partial charge in [-0.15, -0.1) is 0 Å². The second kappa shape index (κ2) is 5.84. The van der Waals surface area contributed by atoms with Crippen LogP contribution in [-0.2, 0) is 4.79 Å². The van der Waals surface area contributed by atoms with Gasteiger partial charge in [0.2, 0.25) is 0 Å². The standard InChI is InChI=1S/C13H14N4O2S/c1-8-12(18)17(2)10-6-9(4-5-11(10)19-8)16-13(20-3)15-7-14/h4-6,8H,1-3H3,(H,15,16). The molecule has 0 saturated carbocycles. The second-order valence-corrected chi connectivity index (χ2v) is 4.96. The SMILES string of the molecule is CSC(=Nc1ccc2c(c1)N(C)C(=O)C(C)O2)NC#N. The topological polar surface area (TPSA) is 77.7 Å². The Balaban J connectivity index is 2.37. The first kappa shape index (κ1) is 14.2. The number of carbonyl (C=O) groups is 1. The van der Waals surface area contributed by atoms with Crippen molar-refractivity contribution in [3.8, 4) is 11.9 Å². The minimum Gasteiger partial charge on any atom is -0.479 e. The summed E-state index contributed by atoms with van der Waals surface area (Å²) < 4.78 is 5.54. The molecule has 7 heteroatoms. The lowest BCUT2D eigenvalue weighted by atomic mass is 10.2. The highest BCUT2D eigenvalue weighted by Crippen LogP contribution is 2.36. The Morgan fingerprint density at radius 1 is 1.60 bits per heavy atom. The highest BCUT2D eigenvalue weighted by Gasteiger charge is 2.28. The molecule has 1 amide bonds. The minimum absolute atomic E-state index is 0.0983. The zero-order chi connectivity index (χ0) is 14.7. The second-order valence-electron chi connectivity index (χ2n) is 4.17. The van der Waals surface area contributed by atoms with Crippen molar-refractivity contribution in [1.82, 2.24) is 5.32 Å². The predicted octanol–water partition coefficient (Wildman–Crippen LogP) is 1.85. The molecule has 0 spiro atoms. The molecule has 0 bridgehead atoms. The number of nitriles is 1. The normalized spacial score (nSPS) is 18.1. The Bertz CT molecular complexity index is 609. The summed E-state index contributed by atoms with van der Waals surface area (Å²) in [5.41, 5.74) is 1.32. The maximum atomic E-state index is 11.9. The van der Waals surface area contributed by atoms with E-state index in [9.17, 15) is 4.79 Å². The van der Waals surface area contributed by atoms with Gasteiger partial charge in [-0.25, -0.2) is 4.99 Å². The lowest BCUT2D eigenvalue weighted by Gasteiger charge is -2.30. The smallest absolute Gasteiger partial charge is 0.267 e. The Hall–Kier alpha value is -2.20. The number of fused-ring (bicyclic) bond motifs is 1. The molecule has 6 nitrogen and oxygen atoms in total. The molecule has 0 radical (unpaired) electrons. The number of thioether (sulfide) groups is 1. The van der Waals surface area contributed by atoms with Crippen molar-refractivity contribution in [3.63, 3.8) is 0 Å². The number of anilines is 1. The van der Waals surface area contributed by atoms with E-state index in [0.717, 1.165) is 0 Å². The molecule has 0 aliphatic carbocycles. The zero-order valence-electron chi connectivity index (χ0n) is 11.4. The fourth-order valence-corrected chi connectivity index (χ4v) is 2.20. The van der Waals surface area contributed by atoms with Gasteiger partial charge >= 0.3 is 0 Å². The van der Waals surface area contributed by atoms with Crippen LogP contribution in [0.2, 0.25) is 0 Å². The number of amidine groups is 1. The van der Waals surface area contributed by atoms with E-state index in [1.807, 2.05) is 12.4 Å². The Kier molecular flexibility index (Phi) is 4.15. The first-order chi connectivity index (χ1) is 9.56. The van der Waals surface area contributed by atoms with Gasteiger partial charge in [0.25, 0.3) is 5.91 Å². The summed E-state index contributed by atoms with van der Waals surface area (Å²) in [7, 11) is 1.71. The van der Waals surface area contributed by atoms with Crippen molar-refractivity contribution < 1.29 is 9.53 Å².